The Morgan fingerprint density at radius 3 is 2.06 bits per heavy atom. The third kappa shape index (κ3) is 3.72. The maximum absolute atomic E-state index is 5.68. The molecule has 90 valence electrons. The van der Waals surface area contributed by atoms with Crippen molar-refractivity contribution in [3.8, 4) is 0 Å². The van der Waals surface area contributed by atoms with Gasteiger partial charge >= 0.3 is 9.28 Å². The molecule has 0 aliphatic carbocycles. The van der Waals surface area contributed by atoms with E-state index in [4.69, 9.17) is 13.6 Å². The van der Waals surface area contributed by atoms with Gasteiger partial charge in [0, 0.05) is 20.3 Å². The summed E-state index contributed by atoms with van der Waals surface area (Å²) in [5.41, 5.74) is 1.09. The molecule has 1 rings (SSSR count). The van der Waals surface area contributed by atoms with Crippen LogP contribution >= 0.6 is 0 Å². The molecule has 1 atom stereocenters. The Labute approximate surface area is 99.2 Å². The molecule has 3 nitrogen and oxygen atoms in total. The highest BCUT2D eigenvalue weighted by atomic mass is 28.3. The van der Waals surface area contributed by atoms with E-state index in [9.17, 15) is 0 Å². The van der Waals surface area contributed by atoms with Crippen molar-refractivity contribution in [2.75, 3.05) is 20.3 Å². The molecule has 0 radical (unpaired) electrons. The molecule has 0 N–H and O–H groups in total. The molecule has 0 saturated carbocycles. The Hall–Kier alpha value is -0.683. The van der Waals surface area contributed by atoms with Crippen LogP contribution in [-0.4, -0.2) is 29.6 Å². The molecule has 1 aromatic rings. The van der Waals surface area contributed by atoms with Gasteiger partial charge < -0.3 is 13.6 Å². The SMILES string of the molecule is CCO[SiH](OCC)C(OC)c1ccccc1. The maximum atomic E-state index is 5.68. The lowest BCUT2D eigenvalue weighted by atomic mass is 10.2. The van der Waals surface area contributed by atoms with Crippen LogP contribution in [0.5, 0.6) is 0 Å². The van der Waals surface area contributed by atoms with Crippen molar-refractivity contribution in [2.45, 2.75) is 19.6 Å². The maximum Gasteiger partial charge on any atom is 0.356 e. The minimum Gasteiger partial charge on any atom is -0.395 e. The molecule has 0 amide bonds. The van der Waals surface area contributed by atoms with Gasteiger partial charge in [-0.2, -0.15) is 0 Å². The number of methoxy groups -OCH3 is 1. The van der Waals surface area contributed by atoms with E-state index in [-0.39, 0.29) is 5.73 Å². The molecule has 1 unspecified atom stereocenters. The standard InChI is InChI=1S/C12H20O3Si/c1-4-14-16(15-5-2)12(13-3)11-9-7-6-8-10-11/h6-10,12,16H,4-5H2,1-3H3. The van der Waals surface area contributed by atoms with Crippen LogP contribution in [0.3, 0.4) is 0 Å². The van der Waals surface area contributed by atoms with E-state index in [0.29, 0.717) is 13.2 Å². The van der Waals surface area contributed by atoms with Crippen LogP contribution in [0, 0.1) is 0 Å². The highest BCUT2D eigenvalue weighted by Gasteiger charge is 2.27. The first kappa shape index (κ1) is 13.4. The van der Waals surface area contributed by atoms with Crippen LogP contribution in [0.25, 0.3) is 0 Å². The van der Waals surface area contributed by atoms with Crippen LogP contribution in [0.15, 0.2) is 30.3 Å². The van der Waals surface area contributed by atoms with Gasteiger partial charge in [-0.1, -0.05) is 30.3 Å². The molecule has 0 aromatic heterocycles. The third-order valence-electron chi connectivity index (χ3n) is 2.29. The van der Waals surface area contributed by atoms with Gasteiger partial charge in [0.1, 0.15) is 5.73 Å². The number of benzene rings is 1. The summed E-state index contributed by atoms with van der Waals surface area (Å²) in [5, 5.41) is 0. The van der Waals surface area contributed by atoms with Gasteiger partial charge in [-0.25, -0.2) is 0 Å². The first-order valence-corrected chi connectivity index (χ1v) is 7.25. The van der Waals surface area contributed by atoms with E-state index in [0.717, 1.165) is 5.56 Å². The summed E-state index contributed by atoms with van der Waals surface area (Å²) in [6.45, 7) is 5.31. The van der Waals surface area contributed by atoms with Crippen molar-refractivity contribution >= 4 is 9.28 Å². The Balaban J connectivity index is 2.77. The summed E-state index contributed by atoms with van der Waals surface area (Å²) in [6.07, 6.45) is 0. The lowest BCUT2D eigenvalue weighted by molar-refractivity contribution is 0.0983. The van der Waals surface area contributed by atoms with E-state index in [1.165, 1.54) is 0 Å². The van der Waals surface area contributed by atoms with E-state index in [2.05, 4.69) is 0 Å². The summed E-state index contributed by atoms with van der Waals surface area (Å²) < 4.78 is 16.9. The Kier molecular flexibility index (Phi) is 6.33. The molecule has 1 aromatic carbocycles. The normalized spacial score (nSPS) is 13.0. The van der Waals surface area contributed by atoms with Gasteiger partial charge in [0.25, 0.3) is 0 Å². The van der Waals surface area contributed by atoms with Gasteiger partial charge in [0.15, 0.2) is 0 Å². The summed E-state index contributed by atoms with van der Waals surface area (Å²) in [6, 6.07) is 10.1. The predicted molar refractivity (Wildman–Crippen MR) is 66.6 cm³/mol. The predicted octanol–water partition coefficient (Wildman–Crippen LogP) is 2.21. The topological polar surface area (TPSA) is 27.7 Å². The van der Waals surface area contributed by atoms with E-state index in [1.54, 1.807) is 7.11 Å². The number of ether oxygens (including phenoxy) is 1. The lowest BCUT2D eigenvalue weighted by Gasteiger charge is -2.23. The van der Waals surface area contributed by atoms with Crippen molar-refractivity contribution in [1.82, 2.24) is 0 Å². The Morgan fingerprint density at radius 1 is 1.06 bits per heavy atom. The highest BCUT2D eigenvalue weighted by molar-refractivity contribution is 6.45. The second-order valence-electron chi connectivity index (χ2n) is 3.35. The molecular formula is C12H20O3Si. The van der Waals surface area contributed by atoms with Crippen LogP contribution in [0.1, 0.15) is 25.1 Å². The summed E-state index contributed by atoms with van der Waals surface area (Å²) >= 11 is 0. The molecule has 0 heterocycles. The molecule has 0 spiro atoms. The summed E-state index contributed by atoms with van der Waals surface area (Å²) in [4.78, 5) is 0. The summed E-state index contributed by atoms with van der Waals surface area (Å²) in [7, 11) is -0.0935. The average molecular weight is 240 g/mol. The van der Waals surface area contributed by atoms with Gasteiger partial charge in [0.05, 0.1) is 0 Å². The van der Waals surface area contributed by atoms with Crippen molar-refractivity contribution in [1.29, 1.82) is 0 Å². The Bertz CT molecular complexity index is 273. The number of hydrogen-bond acceptors (Lipinski definition) is 3. The van der Waals surface area contributed by atoms with Crippen LogP contribution < -0.4 is 0 Å². The molecule has 0 aliphatic heterocycles. The van der Waals surface area contributed by atoms with Gasteiger partial charge in [0.2, 0.25) is 0 Å². The zero-order valence-corrected chi connectivity index (χ0v) is 11.3. The summed E-state index contributed by atoms with van der Waals surface area (Å²) in [5.74, 6) is 0. The van der Waals surface area contributed by atoms with Gasteiger partial charge in [-0.15, -0.1) is 0 Å². The molecule has 0 bridgehead atoms. The van der Waals surface area contributed by atoms with Crippen molar-refractivity contribution < 1.29 is 13.6 Å². The molecule has 0 aliphatic rings. The fourth-order valence-electron chi connectivity index (χ4n) is 1.60. The molecule has 0 saturated heterocycles. The van der Waals surface area contributed by atoms with E-state index < -0.39 is 9.28 Å². The van der Waals surface area contributed by atoms with Crippen molar-refractivity contribution in [3.63, 3.8) is 0 Å². The van der Waals surface area contributed by atoms with Gasteiger partial charge in [-0.05, 0) is 19.4 Å². The number of hydrogen-bond donors (Lipinski definition) is 0. The fourth-order valence-corrected chi connectivity index (χ4v) is 3.46. The second-order valence-corrected chi connectivity index (χ2v) is 5.36. The first-order valence-electron chi connectivity index (χ1n) is 5.64. The quantitative estimate of drug-likeness (QED) is 0.684. The first-order chi connectivity index (χ1) is 7.83. The minimum atomic E-state index is -1.80. The van der Waals surface area contributed by atoms with Crippen molar-refractivity contribution in [2.24, 2.45) is 0 Å². The zero-order chi connectivity index (χ0) is 11.8. The van der Waals surface area contributed by atoms with Crippen LogP contribution in [-0.2, 0) is 13.6 Å². The van der Waals surface area contributed by atoms with E-state index >= 15 is 0 Å². The van der Waals surface area contributed by atoms with Gasteiger partial charge in [-0.3, -0.25) is 0 Å². The molecular weight excluding hydrogens is 220 g/mol. The molecule has 16 heavy (non-hydrogen) atoms. The highest BCUT2D eigenvalue weighted by Crippen LogP contribution is 2.20. The monoisotopic (exact) mass is 240 g/mol. The van der Waals surface area contributed by atoms with Crippen LogP contribution in [0.2, 0.25) is 0 Å². The largest absolute Gasteiger partial charge is 0.395 e. The zero-order valence-electron chi connectivity index (χ0n) is 10.2. The van der Waals surface area contributed by atoms with Crippen LogP contribution in [0.4, 0.5) is 0 Å². The Morgan fingerprint density at radius 2 is 1.62 bits per heavy atom. The third-order valence-corrected chi connectivity index (χ3v) is 4.77. The second kappa shape index (κ2) is 7.57. The average Bonchev–Trinajstić information content (AvgIpc) is 2.32. The smallest absolute Gasteiger partial charge is 0.356 e. The van der Waals surface area contributed by atoms with Crippen molar-refractivity contribution in [3.05, 3.63) is 35.9 Å². The minimum absolute atomic E-state index is 0.0406. The molecule has 4 heteroatoms. The number of rotatable bonds is 7. The van der Waals surface area contributed by atoms with E-state index in [1.807, 2.05) is 44.2 Å². The fraction of sp³-hybridized carbons (Fsp3) is 0.500. The lowest BCUT2D eigenvalue weighted by Crippen LogP contribution is -2.32. The molecule has 0 fully saturated rings.